The van der Waals surface area contributed by atoms with Crippen LogP contribution in [-0.4, -0.2) is 27.3 Å². The van der Waals surface area contributed by atoms with E-state index in [4.69, 9.17) is 9.15 Å². The van der Waals surface area contributed by atoms with Gasteiger partial charge in [0.1, 0.15) is 17.3 Å². The molecule has 0 amide bonds. The summed E-state index contributed by atoms with van der Waals surface area (Å²) in [6, 6.07) is 11.0. The summed E-state index contributed by atoms with van der Waals surface area (Å²) in [5.74, 6) is 1.12. The molecule has 1 atom stereocenters. The minimum atomic E-state index is -0.204. The maximum absolute atomic E-state index is 12.8. The van der Waals surface area contributed by atoms with Gasteiger partial charge in [0.15, 0.2) is 5.76 Å². The fourth-order valence-corrected chi connectivity index (χ4v) is 4.29. The number of hydrogen-bond donors (Lipinski definition) is 1. The number of benzene rings is 1. The van der Waals surface area contributed by atoms with Crippen LogP contribution in [0.2, 0.25) is 0 Å². The molecule has 2 aliphatic rings. The molecule has 4 heterocycles. The van der Waals surface area contributed by atoms with Gasteiger partial charge in [-0.15, -0.1) is 0 Å². The van der Waals surface area contributed by atoms with Gasteiger partial charge in [-0.05, 0) is 55.3 Å². The lowest BCUT2D eigenvalue weighted by molar-refractivity contribution is 0.101. The molecule has 0 radical (unpaired) electrons. The lowest BCUT2D eigenvalue weighted by Gasteiger charge is -2.36. The number of phenolic OH excluding ortho intramolecular Hbond substituents is 1. The largest absolute Gasteiger partial charge is 0.507 e. The van der Waals surface area contributed by atoms with Crippen molar-refractivity contribution >= 4 is 11.9 Å². The minimum absolute atomic E-state index is 0.135. The molecule has 5 rings (SSSR count). The van der Waals surface area contributed by atoms with Crippen molar-refractivity contribution in [2.45, 2.75) is 31.8 Å². The Morgan fingerprint density at radius 2 is 2.13 bits per heavy atom. The van der Waals surface area contributed by atoms with Crippen molar-refractivity contribution in [3.05, 3.63) is 83.3 Å². The van der Waals surface area contributed by atoms with E-state index in [0.717, 1.165) is 25.8 Å². The number of Topliss-reactive ketones (excluding diaryl/α,β-unsaturated/α-hetero) is 1. The number of carbonyl (C=O) groups is 1. The smallest absolute Gasteiger partial charge is 0.232 e. The molecular formula is C24H22N2O4. The van der Waals surface area contributed by atoms with Gasteiger partial charge in [0.05, 0.1) is 17.4 Å². The van der Waals surface area contributed by atoms with E-state index in [-0.39, 0.29) is 23.3 Å². The van der Waals surface area contributed by atoms with Gasteiger partial charge in [-0.1, -0.05) is 12.5 Å². The maximum Gasteiger partial charge on any atom is 0.232 e. The molecule has 1 fully saturated rings. The molecule has 0 unspecified atom stereocenters. The molecule has 152 valence electrons. The summed E-state index contributed by atoms with van der Waals surface area (Å²) in [6.45, 7) is 1.40. The number of likely N-dealkylation sites (tertiary alicyclic amines) is 1. The molecule has 1 N–H and O–H groups in total. The van der Waals surface area contributed by atoms with E-state index in [1.807, 2.05) is 12.3 Å². The Bertz CT molecular complexity index is 1090. The number of piperidine rings is 1. The summed E-state index contributed by atoms with van der Waals surface area (Å²) in [6.07, 6.45) is 10.1. The van der Waals surface area contributed by atoms with E-state index in [1.165, 1.54) is 5.56 Å². The molecule has 0 bridgehead atoms. The van der Waals surface area contributed by atoms with Gasteiger partial charge in [0, 0.05) is 31.1 Å². The monoisotopic (exact) mass is 402 g/mol. The van der Waals surface area contributed by atoms with Crippen molar-refractivity contribution in [1.29, 1.82) is 0 Å². The molecule has 1 aromatic carbocycles. The van der Waals surface area contributed by atoms with E-state index in [1.54, 1.807) is 42.8 Å². The lowest BCUT2D eigenvalue weighted by Crippen LogP contribution is -2.33. The number of allylic oxidation sites excluding steroid dienone is 1. The second-order valence-electron chi connectivity index (χ2n) is 7.66. The zero-order valence-electron chi connectivity index (χ0n) is 16.5. The predicted molar refractivity (Wildman–Crippen MR) is 111 cm³/mol. The van der Waals surface area contributed by atoms with Crippen molar-refractivity contribution in [2.24, 2.45) is 0 Å². The van der Waals surface area contributed by atoms with E-state index < -0.39 is 0 Å². The predicted octanol–water partition coefficient (Wildman–Crippen LogP) is 4.72. The van der Waals surface area contributed by atoms with Crippen molar-refractivity contribution in [1.82, 2.24) is 9.88 Å². The molecular weight excluding hydrogens is 380 g/mol. The van der Waals surface area contributed by atoms with Gasteiger partial charge in [-0.2, -0.15) is 0 Å². The molecule has 0 aliphatic carbocycles. The van der Waals surface area contributed by atoms with Crippen LogP contribution in [0.3, 0.4) is 0 Å². The van der Waals surface area contributed by atoms with Crippen LogP contribution in [-0.2, 0) is 6.54 Å². The van der Waals surface area contributed by atoms with Crippen LogP contribution in [0.25, 0.3) is 6.08 Å². The number of ketones is 1. The summed E-state index contributed by atoms with van der Waals surface area (Å²) in [4.78, 5) is 19.4. The van der Waals surface area contributed by atoms with E-state index in [0.29, 0.717) is 29.2 Å². The first-order valence-corrected chi connectivity index (χ1v) is 10.2. The molecule has 2 aliphatic heterocycles. The minimum Gasteiger partial charge on any atom is -0.507 e. The Hall–Kier alpha value is -3.38. The molecule has 30 heavy (non-hydrogen) atoms. The van der Waals surface area contributed by atoms with Crippen molar-refractivity contribution < 1.29 is 19.1 Å². The Balaban J connectivity index is 1.47. The van der Waals surface area contributed by atoms with E-state index in [2.05, 4.69) is 16.0 Å². The fourth-order valence-electron chi connectivity index (χ4n) is 4.29. The number of rotatable bonds is 4. The van der Waals surface area contributed by atoms with Crippen LogP contribution in [0.4, 0.5) is 0 Å². The number of furan rings is 1. The number of hydrogen-bond acceptors (Lipinski definition) is 6. The van der Waals surface area contributed by atoms with Crippen molar-refractivity contribution in [3.63, 3.8) is 0 Å². The fraction of sp³-hybridized carbons (Fsp3) is 0.250. The second kappa shape index (κ2) is 7.80. The van der Waals surface area contributed by atoms with Crippen LogP contribution in [0.15, 0.2) is 65.2 Å². The third-order valence-electron chi connectivity index (χ3n) is 5.78. The van der Waals surface area contributed by atoms with Gasteiger partial charge in [0.25, 0.3) is 0 Å². The lowest BCUT2D eigenvalue weighted by atomic mass is 9.95. The zero-order chi connectivity index (χ0) is 20.5. The quantitative estimate of drug-likeness (QED) is 0.636. The Labute approximate surface area is 174 Å². The summed E-state index contributed by atoms with van der Waals surface area (Å²) < 4.78 is 11.2. The van der Waals surface area contributed by atoms with Gasteiger partial charge >= 0.3 is 0 Å². The molecule has 2 aromatic heterocycles. The van der Waals surface area contributed by atoms with Crippen LogP contribution < -0.4 is 4.74 Å². The normalized spacial score (nSPS) is 20.3. The highest BCUT2D eigenvalue weighted by molar-refractivity contribution is 6.14. The number of fused-ring (bicyclic) bond motifs is 1. The summed E-state index contributed by atoms with van der Waals surface area (Å²) in [5, 5.41) is 10.6. The van der Waals surface area contributed by atoms with Gasteiger partial charge in [-0.3, -0.25) is 14.7 Å². The van der Waals surface area contributed by atoms with Crippen LogP contribution >= 0.6 is 0 Å². The molecule has 0 spiro atoms. The van der Waals surface area contributed by atoms with Gasteiger partial charge in [-0.25, -0.2) is 0 Å². The molecule has 1 saturated heterocycles. The standard InChI is InChI=1S/C24H22N2O4/c27-21-9-8-18-23(28)22(13-17-6-4-12-29-17)30-24(18)19(21)15-26-11-2-1-7-20(26)16-5-3-10-25-14-16/h3-6,8-10,12-14,20,27H,1-2,7,11,15H2/b22-13-/t20-/m0/s1. The van der Waals surface area contributed by atoms with Crippen molar-refractivity contribution in [2.75, 3.05) is 6.54 Å². The highest BCUT2D eigenvalue weighted by Gasteiger charge is 2.33. The van der Waals surface area contributed by atoms with Crippen LogP contribution in [0.5, 0.6) is 11.5 Å². The third-order valence-corrected chi connectivity index (χ3v) is 5.78. The Kier molecular flexibility index (Phi) is 4.85. The highest BCUT2D eigenvalue weighted by atomic mass is 16.5. The molecule has 6 nitrogen and oxygen atoms in total. The molecule has 6 heteroatoms. The first-order valence-electron chi connectivity index (χ1n) is 10.2. The second-order valence-corrected chi connectivity index (χ2v) is 7.66. The number of aromatic nitrogens is 1. The Morgan fingerprint density at radius 3 is 2.93 bits per heavy atom. The number of carbonyl (C=O) groups excluding carboxylic acids is 1. The van der Waals surface area contributed by atoms with Gasteiger partial charge in [0.2, 0.25) is 5.78 Å². The number of ether oxygens (including phenoxy) is 1. The first kappa shape index (κ1) is 18.6. The maximum atomic E-state index is 12.8. The topological polar surface area (TPSA) is 75.8 Å². The van der Waals surface area contributed by atoms with E-state index >= 15 is 0 Å². The van der Waals surface area contributed by atoms with Crippen LogP contribution in [0, 0.1) is 0 Å². The zero-order valence-corrected chi connectivity index (χ0v) is 16.5. The Morgan fingerprint density at radius 1 is 1.20 bits per heavy atom. The van der Waals surface area contributed by atoms with Gasteiger partial charge < -0.3 is 14.3 Å². The number of phenols is 1. The van der Waals surface area contributed by atoms with Crippen molar-refractivity contribution in [3.8, 4) is 11.5 Å². The third kappa shape index (κ3) is 3.39. The highest BCUT2D eigenvalue weighted by Crippen LogP contribution is 2.42. The van der Waals surface area contributed by atoms with Crippen LogP contribution in [0.1, 0.15) is 52.5 Å². The average Bonchev–Trinajstić information content (AvgIpc) is 3.40. The summed E-state index contributed by atoms with van der Waals surface area (Å²) >= 11 is 0. The summed E-state index contributed by atoms with van der Waals surface area (Å²) in [7, 11) is 0. The first-order chi connectivity index (χ1) is 14.7. The number of nitrogens with zero attached hydrogens (tertiary/aromatic N) is 2. The average molecular weight is 402 g/mol. The summed E-state index contributed by atoms with van der Waals surface area (Å²) in [5.41, 5.74) is 2.27. The number of aromatic hydroxyl groups is 1. The molecule has 3 aromatic rings. The SMILES string of the molecule is O=C1/C(=C/c2ccco2)Oc2c1ccc(O)c2CN1CCCC[C@H]1c1cccnc1. The molecule has 0 saturated carbocycles. The van der Waals surface area contributed by atoms with E-state index in [9.17, 15) is 9.90 Å². The number of pyridine rings is 1.